The van der Waals surface area contributed by atoms with E-state index >= 15 is 0 Å². The molecule has 1 aromatic rings. The first kappa shape index (κ1) is 18.2. The Kier molecular flexibility index (Phi) is 5.67. The van der Waals surface area contributed by atoms with Crippen molar-refractivity contribution in [2.24, 2.45) is 5.92 Å². The zero-order valence-electron chi connectivity index (χ0n) is 14.6. The van der Waals surface area contributed by atoms with Crippen molar-refractivity contribution in [2.45, 2.75) is 43.0 Å². The molecule has 0 amide bonds. The highest BCUT2D eigenvalue weighted by Gasteiger charge is 2.33. The summed E-state index contributed by atoms with van der Waals surface area (Å²) in [4.78, 5) is 2.75. The number of nitrogens with zero attached hydrogens (tertiary/aromatic N) is 2. The van der Waals surface area contributed by atoms with Crippen molar-refractivity contribution in [1.82, 2.24) is 9.21 Å². The van der Waals surface area contributed by atoms with Crippen molar-refractivity contribution < 1.29 is 8.42 Å². The molecule has 0 aromatic heterocycles. The molecule has 0 spiro atoms. The fourth-order valence-electron chi connectivity index (χ4n) is 3.99. The molecule has 0 aliphatic carbocycles. The first-order chi connectivity index (χ1) is 12.0. The van der Waals surface area contributed by atoms with E-state index in [1.807, 2.05) is 0 Å². The molecule has 136 valence electrons. The summed E-state index contributed by atoms with van der Waals surface area (Å²) in [6, 6.07) is 7.18. The summed E-state index contributed by atoms with van der Waals surface area (Å²) in [5, 5.41) is 0. The lowest BCUT2D eigenvalue weighted by Gasteiger charge is -2.41. The molecule has 2 N–H and O–H groups in total. The molecule has 2 heterocycles. The lowest BCUT2D eigenvalue weighted by molar-refractivity contribution is 0.0981. The Morgan fingerprint density at radius 3 is 2.32 bits per heavy atom. The quantitative estimate of drug-likeness (QED) is 0.659. The fourth-order valence-corrected chi connectivity index (χ4v) is 5.58. The summed E-state index contributed by atoms with van der Waals surface area (Å²) in [5.41, 5.74) is 6.19. The van der Waals surface area contributed by atoms with Crippen LogP contribution in [0.4, 0.5) is 5.69 Å². The van der Waals surface area contributed by atoms with Crippen LogP contribution in [-0.4, -0.2) is 49.8 Å². The molecule has 0 saturated carbocycles. The van der Waals surface area contributed by atoms with Gasteiger partial charge in [0.2, 0.25) is 10.0 Å². The van der Waals surface area contributed by atoms with Crippen LogP contribution < -0.4 is 5.73 Å². The number of piperidine rings is 2. The minimum Gasteiger partial charge on any atom is -0.398 e. The largest absolute Gasteiger partial charge is 0.398 e. The van der Waals surface area contributed by atoms with Gasteiger partial charge in [-0.25, -0.2) is 8.42 Å². The molecule has 0 bridgehead atoms. The Balaban J connectivity index is 1.57. The number of sulfonamides is 1. The van der Waals surface area contributed by atoms with Gasteiger partial charge in [0, 0.05) is 25.6 Å². The molecule has 2 aliphatic rings. The van der Waals surface area contributed by atoms with E-state index < -0.39 is 10.0 Å². The van der Waals surface area contributed by atoms with E-state index in [4.69, 9.17) is 12.2 Å². The van der Waals surface area contributed by atoms with Crippen LogP contribution in [0.5, 0.6) is 0 Å². The Labute approximate surface area is 151 Å². The van der Waals surface area contributed by atoms with Crippen molar-refractivity contribution in [2.75, 3.05) is 31.9 Å². The van der Waals surface area contributed by atoms with Crippen LogP contribution in [0.2, 0.25) is 0 Å². The highest BCUT2D eigenvalue weighted by atomic mass is 32.2. The van der Waals surface area contributed by atoms with Gasteiger partial charge in [-0.1, -0.05) is 12.1 Å². The second-order valence-electron chi connectivity index (χ2n) is 7.06. The number of nitrogens with two attached hydrogens (primary N) is 1. The number of rotatable bonds is 4. The summed E-state index contributed by atoms with van der Waals surface area (Å²) in [6.07, 6.45) is 10.4. The van der Waals surface area contributed by atoms with Gasteiger partial charge in [-0.2, -0.15) is 4.31 Å². The Morgan fingerprint density at radius 2 is 1.72 bits per heavy atom. The van der Waals surface area contributed by atoms with Crippen LogP contribution >= 0.6 is 0 Å². The van der Waals surface area contributed by atoms with Gasteiger partial charge in [0.25, 0.3) is 0 Å². The molecular formula is C19H27N3O2S. The lowest BCUT2D eigenvalue weighted by atomic mass is 9.92. The summed E-state index contributed by atoms with van der Waals surface area (Å²) < 4.78 is 27.2. The molecule has 2 saturated heterocycles. The maximum Gasteiger partial charge on any atom is 0.245 e. The van der Waals surface area contributed by atoms with E-state index in [2.05, 4.69) is 10.8 Å². The number of nitrogen functional groups attached to an aromatic ring is 1. The Bertz CT molecular complexity index is 725. The number of anilines is 1. The molecular weight excluding hydrogens is 334 g/mol. The Hall–Kier alpha value is -1.55. The average Bonchev–Trinajstić information content (AvgIpc) is 2.63. The molecule has 0 radical (unpaired) electrons. The van der Waals surface area contributed by atoms with E-state index in [1.54, 1.807) is 28.6 Å². The first-order valence-electron chi connectivity index (χ1n) is 9.04. The highest BCUT2D eigenvalue weighted by Crippen LogP contribution is 2.28. The third kappa shape index (κ3) is 4.00. The minimum absolute atomic E-state index is 0.226. The number of hydrogen-bond acceptors (Lipinski definition) is 4. The molecule has 0 unspecified atom stereocenters. The van der Waals surface area contributed by atoms with Gasteiger partial charge in [-0.15, -0.1) is 12.3 Å². The predicted octanol–water partition coefficient (Wildman–Crippen LogP) is 2.16. The van der Waals surface area contributed by atoms with Crippen molar-refractivity contribution in [3.05, 3.63) is 24.3 Å². The molecule has 2 aliphatic heterocycles. The third-order valence-electron chi connectivity index (χ3n) is 5.53. The second-order valence-corrected chi connectivity index (χ2v) is 8.97. The molecule has 5 nitrogen and oxygen atoms in total. The number of terminal acetylenes is 1. The van der Waals surface area contributed by atoms with Gasteiger partial charge in [-0.3, -0.25) is 0 Å². The fraction of sp³-hybridized carbons (Fsp3) is 0.579. The molecule has 1 aromatic carbocycles. The molecule has 25 heavy (non-hydrogen) atoms. The summed E-state index contributed by atoms with van der Waals surface area (Å²) in [5.74, 6) is 3.43. The van der Waals surface area contributed by atoms with Crippen LogP contribution in [0.25, 0.3) is 0 Å². The standard InChI is InChI=1S/C19H27N3O2S/c1-2-5-16-8-12-21(13-9-16)17-10-14-22(15-11-17)25(23,24)19-7-4-3-6-18(19)20/h1,3-4,6-7,16-17H,5,8-15,20H2. The van der Waals surface area contributed by atoms with Gasteiger partial charge in [0.1, 0.15) is 4.90 Å². The highest BCUT2D eigenvalue weighted by molar-refractivity contribution is 7.89. The van der Waals surface area contributed by atoms with E-state index in [9.17, 15) is 8.42 Å². The summed E-state index contributed by atoms with van der Waals surface area (Å²) in [6.45, 7) is 3.28. The van der Waals surface area contributed by atoms with Crippen molar-refractivity contribution in [3.8, 4) is 12.3 Å². The van der Waals surface area contributed by atoms with Gasteiger partial charge < -0.3 is 10.6 Å². The number of likely N-dealkylation sites (tertiary alicyclic amines) is 1. The van der Waals surface area contributed by atoms with Crippen LogP contribution in [-0.2, 0) is 10.0 Å². The van der Waals surface area contributed by atoms with E-state index in [0.717, 1.165) is 45.2 Å². The topological polar surface area (TPSA) is 66.6 Å². The van der Waals surface area contributed by atoms with Gasteiger partial charge in [0.05, 0.1) is 5.69 Å². The van der Waals surface area contributed by atoms with E-state index in [1.165, 1.54) is 0 Å². The van der Waals surface area contributed by atoms with Gasteiger partial charge in [-0.05, 0) is 56.8 Å². The van der Waals surface area contributed by atoms with Gasteiger partial charge >= 0.3 is 0 Å². The molecule has 3 rings (SSSR count). The zero-order chi connectivity index (χ0) is 17.9. The van der Waals surface area contributed by atoms with Crippen molar-refractivity contribution in [3.63, 3.8) is 0 Å². The van der Waals surface area contributed by atoms with Crippen LogP contribution in [0.3, 0.4) is 0 Å². The third-order valence-corrected chi connectivity index (χ3v) is 7.50. The number of benzene rings is 1. The lowest BCUT2D eigenvalue weighted by Crippen LogP contribution is -2.49. The van der Waals surface area contributed by atoms with E-state index in [-0.39, 0.29) is 4.90 Å². The SMILES string of the molecule is C#CCC1CCN(C2CCN(S(=O)(=O)c3ccccc3N)CC2)CC1. The molecule has 2 fully saturated rings. The summed E-state index contributed by atoms with van der Waals surface area (Å²) >= 11 is 0. The Morgan fingerprint density at radius 1 is 1.08 bits per heavy atom. The monoisotopic (exact) mass is 361 g/mol. The smallest absolute Gasteiger partial charge is 0.245 e. The first-order valence-corrected chi connectivity index (χ1v) is 10.5. The van der Waals surface area contributed by atoms with E-state index in [0.29, 0.717) is 30.7 Å². The van der Waals surface area contributed by atoms with Crippen molar-refractivity contribution in [1.29, 1.82) is 0 Å². The maximum atomic E-state index is 12.8. The normalized spacial score (nSPS) is 21.9. The molecule has 0 atom stereocenters. The number of hydrogen-bond donors (Lipinski definition) is 1. The van der Waals surface area contributed by atoms with Crippen LogP contribution in [0.15, 0.2) is 29.2 Å². The molecule has 6 heteroatoms. The van der Waals surface area contributed by atoms with Crippen LogP contribution in [0.1, 0.15) is 32.1 Å². The predicted molar refractivity (Wildman–Crippen MR) is 100 cm³/mol. The number of para-hydroxylation sites is 1. The second kappa shape index (κ2) is 7.77. The zero-order valence-corrected chi connectivity index (χ0v) is 15.4. The van der Waals surface area contributed by atoms with Crippen molar-refractivity contribution >= 4 is 15.7 Å². The van der Waals surface area contributed by atoms with Crippen LogP contribution in [0, 0.1) is 18.3 Å². The van der Waals surface area contributed by atoms with Gasteiger partial charge in [0.15, 0.2) is 0 Å². The summed E-state index contributed by atoms with van der Waals surface area (Å²) in [7, 11) is -3.50. The minimum atomic E-state index is -3.50. The average molecular weight is 362 g/mol. The maximum absolute atomic E-state index is 12.8.